The summed E-state index contributed by atoms with van der Waals surface area (Å²) in [6.07, 6.45) is 0.466. The number of aromatic nitrogens is 2. The molecule has 1 amide bonds. The summed E-state index contributed by atoms with van der Waals surface area (Å²) < 4.78 is 2.14. The Hall–Kier alpha value is -1.88. The Balaban J connectivity index is 1.77. The molecule has 0 saturated carbocycles. The number of fused-ring (bicyclic) bond motifs is 1. The third-order valence-electron chi connectivity index (χ3n) is 4.71. The first-order valence-electron chi connectivity index (χ1n) is 8.37. The van der Waals surface area contributed by atoms with Crippen LogP contribution >= 0.6 is 0 Å². The van der Waals surface area contributed by atoms with Crippen molar-refractivity contribution >= 4 is 16.9 Å². The number of amides is 1. The zero-order valence-electron chi connectivity index (χ0n) is 14.5. The quantitative estimate of drug-likeness (QED) is 0.870. The maximum Gasteiger partial charge on any atom is 0.227 e. The average Bonchev–Trinajstić information content (AvgIpc) is 2.84. The predicted molar refractivity (Wildman–Crippen MR) is 92.6 cm³/mol. The van der Waals surface area contributed by atoms with E-state index in [-0.39, 0.29) is 5.91 Å². The highest BCUT2D eigenvalue weighted by atomic mass is 16.2. The first-order valence-corrected chi connectivity index (χ1v) is 8.37. The Kier molecular flexibility index (Phi) is 4.39. The molecule has 0 atom stereocenters. The van der Waals surface area contributed by atoms with Crippen molar-refractivity contribution in [3.8, 4) is 0 Å². The summed E-state index contributed by atoms with van der Waals surface area (Å²) in [5.41, 5.74) is 3.17. The molecule has 1 saturated heterocycles. The number of carbonyl (C=O) groups is 1. The number of carbonyl (C=O) groups excluding carboxylic acids is 1. The van der Waals surface area contributed by atoms with Gasteiger partial charge in [-0.25, -0.2) is 4.98 Å². The molecule has 124 valence electrons. The molecule has 1 aromatic heterocycles. The van der Waals surface area contributed by atoms with Crippen LogP contribution in [0.15, 0.2) is 18.2 Å². The van der Waals surface area contributed by atoms with Crippen molar-refractivity contribution in [1.82, 2.24) is 19.4 Å². The molecule has 0 spiro atoms. The Morgan fingerprint density at radius 1 is 1.17 bits per heavy atom. The van der Waals surface area contributed by atoms with Crippen molar-refractivity contribution in [3.63, 3.8) is 0 Å². The average molecular weight is 314 g/mol. The van der Waals surface area contributed by atoms with Crippen LogP contribution in [0.1, 0.15) is 31.2 Å². The van der Waals surface area contributed by atoms with E-state index < -0.39 is 0 Å². The second-order valence-corrected chi connectivity index (χ2v) is 6.87. The lowest BCUT2D eigenvalue weighted by Crippen LogP contribution is -2.47. The molecule has 0 aliphatic carbocycles. The van der Waals surface area contributed by atoms with E-state index >= 15 is 0 Å². The zero-order chi connectivity index (χ0) is 16.6. The van der Waals surface area contributed by atoms with Gasteiger partial charge >= 0.3 is 0 Å². The Morgan fingerprint density at radius 3 is 2.52 bits per heavy atom. The van der Waals surface area contributed by atoms with E-state index in [1.54, 1.807) is 0 Å². The minimum Gasteiger partial charge on any atom is -0.340 e. The molecular weight excluding hydrogens is 288 g/mol. The van der Waals surface area contributed by atoms with Crippen molar-refractivity contribution in [2.45, 2.75) is 26.2 Å². The molecule has 0 bridgehead atoms. The highest BCUT2D eigenvalue weighted by molar-refractivity contribution is 5.82. The summed E-state index contributed by atoms with van der Waals surface area (Å²) >= 11 is 0. The number of likely N-dealkylation sites (N-methyl/N-ethyl adjacent to an activating group) is 1. The van der Waals surface area contributed by atoms with Gasteiger partial charge in [0, 0.05) is 39.1 Å². The molecule has 23 heavy (non-hydrogen) atoms. The van der Waals surface area contributed by atoms with E-state index in [4.69, 9.17) is 4.98 Å². The molecule has 3 rings (SSSR count). The van der Waals surface area contributed by atoms with Crippen LogP contribution in [0.3, 0.4) is 0 Å². The highest BCUT2D eigenvalue weighted by Crippen LogP contribution is 2.22. The van der Waals surface area contributed by atoms with Crippen LogP contribution in [0.25, 0.3) is 11.0 Å². The van der Waals surface area contributed by atoms with Crippen LogP contribution in [0.2, 0.25) is 0 Å². The summed E-state index contributed by atoms with van der Waals surface area (Å²) in [6, 6.07) is 6.21. The number of nitrogens with zero attached hydrogens (tertiary/aromatic N) is 4. The fourth-order valence-electron chi connectivity index (χ4n) is 3.23. The summed E-state index contributed by atoms with van der Waals surface area (Å²) in [5, 5.41) is 0. The molecule has 2 heterocycles. The maximum atomic E-state index is 12.5. The van der Waals surface area contributed by atoms with Gasteiger partial charge in [-0.15, -0.1) is 0 Å². The van der Waals surface area contributed by atoms with Crippen molar-refractivity contribution in [3.05, 3.63) is 29.6 Å². The summed E-state index contributed by atoms with van der Waals surface area (Å²) in [7, 11) is 4.16. The van der Waals surface area contributed by atoms with Crippen LogP contribution in [0.4, 0.5) is 0 Å². The molecule has 0 unspecified atom stereocenters. The van der Waals surface area contributed by atoms with Gasteiger partial charge in [0.1, 0.15) is 5.82 Å². The standard InChI is InChI=1S/C18H26N4O/c1-13(2)18-19-15-11-14(5-6-16(15)21(18)4)12-17(23)22-9-7-20(3)8-10-22/h5-6,11,13H,7-10,12H2,1-4H3. The predicted octanol–water partition coefficient (Wildman–Crippen LogP) is 2.01. The van der Waals surface area contributed by atoms with E-state index in [0.717, 1.165) is 48.6 Å². The Bertz CT molecular complexity index is 711. The fourth-order valence-corrected chi connectivity index (χ4v) is 3.23. The second kappa shape index (κ2) is 6.32. The fraction of sp³-hybridized carbons (Fsp3) is 0.556. The van der Waals surface area contributed by atoms with Crippen LogP contribution in [0.5, 0.6) is 0 Å². The van der Waals surface area contributed by atoms with Crippen molar-refractivity contribution < 1.29 is 4.79 Å². The third kappa shape index (κ3) is 3.24. The lowest BCUT2D eigenvalue weighted by Gasteiger charge is -2.32. The number of hydrogen-bond donors (Lipinski definition) is 0. The highest BCUT2D eigenvalue weighted by Gasteiger charge is 2.19. The summed E-state index contributed by atoms with van der Waals surface area (Å²) in [5.74, 6) is 1.70. The van der Waals surface area contributed by atoms with Gasteiger partial charge in [-0.3, -0.25) is 4.79 Å². The van der Waals surface area contributed by atoms with Crippen LogP contribution < -0.4 is 0 Å². The normalized spacial score (nSPS) is 16.5. The largest absolute Gasteiger partial charge is 0.340 e. The molecule has 0 N–H and O–H groups in total. The van der Waals surface area contributed by atoms with Gasteiger partial charge in [-0.05, 0) is 24.7 Å². The number of aryl methyl sites for hydroxylation is 1. The van der Waals surface area contributed by atoms with E-state index in [9.17, 15) is 4.79 Å². The summed E-state index contributed by atoms with van der Waals surface area (Å²) in [6.45, 7) is 7.89. The molecular formula is C18H26N4O. The van der Waals surface area contributed by atoms with Gasteiger partial charge in [0.15, 0.2) is 0 Å². The van der Waals surface area contributed by atoms with E-state index in [1.165, 1.54) is 0 Å². The van der Waals surface area contributed by atoms with Gasteiger partial charge in [0.05, 0.1) is 17.5 Å². The molecule has 2 aromatic rings. The third-order valence-corrected chi connectivity index (χ3v) is 4.71. The SMILES string of the molecule is CC(C)c1nc2cc(CC(=O)N3CCN(C)CC3)ccc2n1C. The number of hydrogen-bond acceptors (Lipinski definition) is 3. The van der Waals surface area contributed by atoms with E-state index in [0.29, 0.717) is 12.3 Å². The maximum absolute atomic E-state index is 12.5. The van der Waals surface area contributed by atoms with Crippen LogP contribution in [-0.4, -0.2) is 58.5 Å². The minimum absolute atomic E-state index is 0.220. The summed E-state index contributed by atoms with van der Waals surface area (Å²) in [4.78, 5) is 21.4. The van der Waals surface area contributed by atoms with Gasteiger partial charge in [0.2, 0.25) is 5.91 Å². The monoisotopic (exact) mass is 314 g/mol. The molecule has 1 aliphatic rings. The van der Waals surface area contributed by atoms with Gasteiger partial charge < -0.3 is 14.4 Å². The Labute approximate surface area is 137 Å². The molecule has 0 radical (unpaired) electrons. The first kappa shape index (κ1) is 16.0. The lowest BCUT2D eigenvalue weighted by atomic mass is 10.1. The molecule has 5 heteroatoms. The van der Waals surface area contributed by atoms with Crippen LogP contribution in [0, 0.1) is 0 Å². The van der Waals surface area contributed by atoms with Gasteiger partial charge in [-0.1, -0.05) is 19.9 Å². The van der Waals surface area contributed by atoms with Gasteiger partial charge in [-0.2, -0.15) is 0 Å². The minimum atomic E-state index is 0.220. The number of benzene rings is 1. The second-order valence-electron chi connectivity index (χ2n) is 6.87. The number of imidazole rings is 1. The Morgan fingerprint density at radius 2 is 1.87 bits per heavy atom. The first-order chi connectivity index (χ1) is 11.0. The lowest BCUT2D eigenvalue weighted by molar-refractivity contribution is -0.132. The zero-order valence-corrected chi connectivity index (χ0v) is 14.5. The molecule has 5 nitrogen and oxygen atoms in total. The van der Waals surface area contributed by atoms with Crippen molar-refractivity contribution in [2.75, 3.05) is 33.2 Å². The smallest absolute Gasteiger partial charge is 0.227 e. The number of rotatable bonds is 3. The molecule has 1 fully saturated rings. The number of piperazine rings is 1. The van der Waals surface area contributed by atoms with Crippen LogP contribution in [-0.2, 0) is 18.3 Å². The van der Waals surface area contributed by atoms with Gasteiger partial charge in [0.25, 0.3) is 0 Å². The van der Waals surface area contributed by atoms with Crippen molar-refractivity contribution in [1.29, 1.82) is 0 Å². The molecule has 1 aliphatic heterocycles. The van der Waals surface area contributed by atoms with Crippen molar-refractivity contribution in [2.24, 2.45) is 7.05 Å². The molecule has 1 aromatic carbocycles. The van der Waals surface area contributed by atoms with E-state index in [2.05, 4.69) is 55.6 Å². The topological polar surface area (TPSA) is 41.4 Å². The van der Waals surface area contributed by atoms with E-state index in [1.807, 2.05) is 4.90 Å².